The first kappa shape index (κ1) is 20.8. The lowest BCUT2D eigenvalue weighted by Crippen LogP contribution is -2.55. The summed E-state index contributed by atoms with van der Waals surface area (Å²) in [7, 11) is 1.32. The number of esters is 1. The molecule has 1 saturated heterocycles. The number of amides is 1. The van der Waals surface area contributed by atoms with Crippen LogP contribution in [-0.2, 0) is 9.47 Å². The Morgan fingerprint density at radius 3 is 2.54 bits per heavy atom. The molecule has 1 aliphatic heterocycles. The Hall–Kier alpha value is -1.54. The molecule has 1 atom stereocenters. The molecule has 1 unspecified atom stereocenters. The number of carbonyl (C=O) groups excluding carboxylic acids is 2. The molecule has 0 spiro atoms. The molecule has 0 aliphatic carbocycles. The van der Waals surface area contributed by atoms with E-state index in [0.717, 1.165) is 0 Å². The lowest BCUT2D eigenvalue weighted by Gasteiger charge is -2.41. The second kappa shape index (κ2) is 8.00. The number of piperazine rings is 1. The van der Waals surface area contributed by atoms with Crippen molar-refractivity contribution in [2.24, 2.45) is 0 Å². The molecular weight excluding hydrogens is 426 g/mol. The fourth-order valence-electron chi connectivity index (χ4n) is 2.78. The van der Waals surface area contributed by atoms with E-state index in [-0.39, 0.29) is 17.3 Å². The predicted molar refractivity (Wildman–Crippen MR) is 103 cm³/mol. The summed E-state index contributed by atoms with van der Waals surface area (Å²) >= 11 is 9.54. The molecule has 1 aliphatic rings. The van der Waals surface area contributed by atoms with Crippen molar-refractivity contribution in [1.29, 1.82) is 0 Å². The Kier molecular flexibility index (Phi) is 6.39. The van der Waals surface area contributed by atoms with Gasteiger partial charge in [0.15, 0.2) is 0 Å². The molecule has 0 radical (unpaired) electrons. The Balaban J connectivity index is 2.25. The SMILES string of the molecule is COC(=O)c1cnc(Cl)c(Br)c1N1CCN(C(=O)OC(C)(C)C)C(C)C1. The van der Waals surface area contributed by atoms with Crippen LogP contribution in [0.2, 0.25) is 5.15 Å². The number of ether oxygens (including phenoxy) is 2. The first-order valence-corrected chi connectivity index (χ1v) is 9.39. The fourth-order valence-corrected chi connectivity index (χ4v) is 3.48. The van der Waals surface area contributed by atoms with Crippen LogP contribution in [0.15, 0.2) is 10.7 Å². The maximum absolute atomic E-state index is 12.4. The monoisotopic (exact) mass is 447 g/mol. The number of hydrogen-bond donors (Lipinski definition) is 0. The lowest BCUT2D eigenvalue weighted by atomic mass is 10.1. The molecule has 0 saturated carbocycles. The van der Waals surface area contributed by atoms with Crippen molar-refractivity contribution in [2.75, 3.05) is 31.6 Å². The minimum atomic E-state index is -0.548. The molecule has 0 N–H and O–H groups in total. The van der Waals surface area contributed by atoms with E-state index in [0.29, 0.717) is 35.4 Å². The van der Waals surface area contributed by atoms with E-state index in [4.69, 9.17) is 21.1 Å². The van der Waals surface area contributed by atoms with Gasteiger partial charge in [-0.15, -0.1) is 0 Å². The zero-order chi connectivity index (χ0) is 19.6. The van der Waals surface area contributed by atoms with E-state index in [9.17, 15) is 9.59 Å². The number of hydrogen-bond acceptors (Lipinski definition) is 6. The van der Waals surface area contributed by atoms with Crippen molar-refractivity contribution in [1.82, 2.24) is 9.88 Å². The van der Waals surface area contributed by atoms with E-state index >= 15 is 0 Å². The number of aromatic nitrogens is 1. The van der Waals surface area contributed by atoms with E-state index in [1.807, 2.05) is 32.6 Å². The van der Waals surface area contributed by atoms with Gasteiger partial charge in [-0.3, -0.25) is 0 Å². The van der Waals surface area contributed by atoms with Crippen LogP contribution in [0, 0.1) is 0 Å². The summed E-state index contributed by atoms with van der Waals surface area (Å²) < 4.78 is 10.8. The van der Waals surface area contributed by atoms with E-state index in [1.54, 1.807) is 4.90 Å². The predicted octanol–water partition coefficient (Wildman–Crippen LogP) is 3.73. The zero-order valence-corrected chi connectivity index (χ0v) is 17.8. The van der Waals surface area contributed by atoms with Gasteiger partial charge in [0.2, 0.25) is 0 Å². The molecule has 1 aromatic heterocycles. The summed E-state index contributed by atoms with van der Waals surface area (Å²) in [6.07, 6.45) is 1.06. The molecule has 0 aromatic carbocycles. The number of halogens is 2. The molecule has 144 valence electrons. The van der Waals surface area contributed by atoms with Gasteiger partial charge in [0, 0.05) is 31.9 Å². The number of carbonyl (C=O) groups is 2. The Morgan fingerprint density at radius 1 is 1.35 bits per heavy atom. The topological polar surface area (TPSA) is 72.0 Å². The highest BCUT2D eigenvalue weighted by Gasteiger charge is 2.33. The average molecular weight is 449 g/mol. The second-order valence-corrected chi connectivity index (χ2v) is 8.24. The van der Waals surface area contributed by atoms with Crippen LogP contribution in [0.1, 0.15) is 38.1 Å². The molecule has 1 aromatic rings. The highest BCUT2D eigenvalue weighted by atomic mass is 79.9. The Morgan fingerprint density at radius 2 is 2.00 bits per heavy atom. The average Bonchev–Trinajstić information content (AvgIpc) is 2.54. The van der Waals surface area contributed by atoms with Crippen molar-refractivity contribution >= 4 is 45.3 Å². The first-order valence-electron chi connectivity index (χ1n) is 8.22. The Labute approximate surface area is 166 Å². The van der Waals surface area contributed by atoms with Gasteiger partial charge >= 0.3 is 12.1 Å². The number of anilines is 1. The summed E-state index contributed by atoms with van der Waals surface area (Å²) in [6, 6.07) is -0.108. The minimum absolute atomic E-state index is 0.108. The van der Waals surface area contributed by atoms with Crippen LogP contribution in [-0.4, -0.2) is 60.3 Å². The second-order valence-electron chi connectivity index (χ2n) is 7.09. The van der Waals surface area contributed by atoms with Gasteiger partial charge in [0.05, 0.1) is 17.3 Å². The van der Waals surface area contributed by atoms with Crippen molar-refractivity contribution in [3.8, 4) is 0 Å². The van der Waals surface area contributed by atoms with Crippen LogP contribution < -0.4 is 4.90 Å². The van der Waals surface area contributed by atoms with Crippen LogP contribution in [0.3, 0.4) is 0 Å². The van der Waals surface area contributed by atoms with Crippen molar-refractivity contribution in [3.05, 3.63) is 21.4 Å². The van der Waals surface area contributed by atoms with Crippen molar-refractivity contribution in [3.63, 3.8) is 0 Å². The largest absolute Gasteiger partial charge is 0.465 e. The third-order valence-corrected chi connectivity index (χ3v) is 5.19. The van der Waals surface area contributed by atoms with Crippen molar-refractivity contribution in [2.45, 2.75) is 39.3 Å². The maximum atomic E-state index is 12.4. The summed E-state index contributed by atoms with van der Waals surface area (Å²) in [5.41, 5.74) is 0.391. The maximum Gasteiger partial charge on any atom is 0.410 e. The molecule has 0 bridgehead atoms. The highest BCUT2D eigenvalue weighted by molar-refractivity contribution is 9.10. The Bertz CT molecular complexity index is 708. The summed E-state index contributed by atoms with van der Waals surface area (Å²) in [5, 5.41) is 0.259. The number of pyridine rings is 1. The minimum Gasteiger partial charge on any atom is -0.465 e. The molecule has 1 fully saturated rings. The van der Waals surface area contributed by atoms with Crippen LogP contribution >= 0.6 is 27.5 Å². The molecule has 9 heteroatoms. The van der Waals surface area contributed by atoms with Gasteiger partial charge in [-0.1, -0.05) is 11.6 Å². The van der Waals surface area contributed by atoms with Gasteiger partial charge in [-0.05, 0) is 43.6 Å². The van der Waals surface area contributed by atoms with Gasteiger partial charge < -0.3 is 19.3 Å². The fraction of sp³-hybridized carbons (Fsp3) is 0.588. The van der Waals surface area contributed by atoms with Crippen LogP contribution in [0.25, 0.3) is 0 Å². The smallest absolute Gasteiger partial charge is 0.410 e. The zero-order valence-electron chi connectivity index (χ0n) is 15.5. The van der Waals surface area contributed by atoms with Gasteiger partial charge in [0.25, 0.3) is 0 Å². The molecule has 2 heterocycles. The van der Waals surface area contributed by atoms with E-state index < -0.39 is 11.6 Å². The summed E-state index contributed by atoms with van der Waals surface area (Å²) in [6.45, 7) is 8.95. The van der Waals surface area contributed by atoms with E-state index in [1.165, 1.54) is 13.3 Å². The highest BCUT2D eigenvalue weighted by Crippen LogP contribution is 2.36. The van der Waals surface area contributed by atoms with Gasteiger partial charge in [0.1, 0.15) is 16.3 Å². The molecule has 2 rings (SSSR count). The normalized spacial score (nSPS) is 17.9. The molecule has 26 heavy (non-hydrogen) atoms. The molecule has 1 amide bonds. The third kappa shape index (κ3) is 4.59. The summed E-state index contributed by atoms with van der Waals surface area (Å²) in [4.78, 5) is 32.2. The summed E-state index contributed by atoms with van der Waals surface area (Å²) in [5.74, 6) is -0.493. The lowest BCUT2D eigenvalue weighted by molar-refractivity contribution is 0.0158. The van der Waals surface area contributed by atoms with Gasteiger partial charge in [-0.25, -0.2) is 14.6 Å². The first-order chi connectivity index (χ1) is 12.0. The molecular formula is C17H23BrClN3O4. The standard InChI is InChI=1S/C17H23BrClN3O4/c1-10-9-21(6-7-22(10)16(24)26-17(2,3)4)13-11(15(23)25-5)8-20-14(19)12(13)18/h8,10H,6-7,9H2,1-5H3. The van der Waals surface area contributed by atoms with Crippen LogP contribution in [0.5, 0.6) is 0 Å². The van der Waals surface area contributed by atoms with Crippen molar-refractivity contribution < 1.29 is 19.1 Å². The van der Waals surface area contributed by atoms with Gasteiger partial charge in [-0.2, -0.15) is 0 Å². The third-order valence-electron chi connectivity index (χ3n) is 3.93. The number of nitrogens with zero attached hydrogens (tertiary/aromatic N) is 3. The number of rotatable bonds is 2. The van der Waals surface area contributed by atoms with Crippen LogP contribution in [0.4, 0.5) is 10.5 Å². The van der Waals surface area contributed by atoms with E-state index in [2.05, 4.69) is 20.9 Å². The quantitative estimate of drug-likeness (QED) is 0.507. The number of methoxy groups -OCH3 is 1. The molecule has 7 nitrogen and oxygen atoms in total.